The van der Waals surface area contributed by atoms with Crippen LogP contribution < -0.4 is 16.0 Å². The van der Waals surface area contributed by atoms with Gasteiger partial charge in [0.25, 0.3) is 0 Å². The Kier molecular flexibility index (Phi) is 22.0. The number of ether oxygens (including phenoxy) is 5. The highest BCUT2D eigenvalue weighted by molar-refractivity contribution is 6.17. The third-order valence-electron chi connectivity index (χ3n) is 5.29. The number of hydrogen-bond donors (Lipinski definition) is 3. The Bertz CT molecular complexity index is 683. The topological polar surface area (TPSA) is 133 Å². The third-order valence-corrected chi connectivity index (χ3v) is 5.56. The molecule has 0 aromatic carbocycles. The van der Waals surface area contributed by atoms with Gasteiger partial charge < -0.3 is 39.6 Å². The van der Waals surface area contributed by atoms with Gasteiger partial charge in [0.2, 0.25) is 11.8 Å². The van der Waals surface area contributed by atoms with Crippen LogP contribution in [-0.4, -0.2) is 101 Å². The van der Waals surface area contributed by atoms with Crippen LogP contribution in [0, 0.1) is 5.41 Å². The summed E-state index contributed by atoms with van der Waals surface area (Å²) in [4.78, 5) is 36.6. The fourth-order valence-corrected chi connectivity index (χ4v) is 3.45. The summed E-state index contributed by atoms with van der Waals surface area (Å²) in [7, 11) is 0. The number of halogens is 1. The number of carbonyl (C=O) groups is 3. The Morgan fingerprint density at radius 2 is 1.20 bits per heavy atom. The van der Waals surface area contributed by atoms with Gasteiger partial charge in [-0.2, -0.15) is 0 Å². The molecule has 0 unspecified atom stereocenters. The fourth-order valence-electron chi connectivity index (χ4n) is 3.26. The maximum Gasteiger partial charge on any atom is 0.408 e. The highest BCUT2D eigenvalue weighted by Gasteiger charge is 2.34. The minimum absolute atomic E-state index is 0.103. The van der Waals surface area contributed by atoms with Crippen LogP contribution >= 0.6 is 11.6 Å². The van der Waals surface area contributed by atoms with Crippen LogP contribution in [-0.2, 0) is 33.3 Å². The first-order valence-corrected chi connectivity index (χ1v) is 14.8. The summed E-state index contributed by atoms with van der Waals surface area (Å²) in [6.45, 7) is 15.1. The summed E-state index contributed by atoms with van der Waals surface area (Å²) in [6, 6.07) is -0.760. The van der Waals surface area contributed by atoms with Gasteiger partial charge in [0.05, 0.1) is 46.2 Å². The van der Waals surface area contributed by atoms with Crippen LogP contribution in [0.2, 0.25) is 0 Å². The number of hydrogen-bond acceptors (Lipinski definition) is 8. The zero-order valence-electron chi connectivity index (χ0n) is 25.5. The lowest BCUT2D eigenvalue weighted by Gasteiger charge is -2.31. The number of alkyl carbamates (subject to hydrolysis) is 1. The quantitative estimate of drug-likeness (QED) is 0.121. The maximum atomic E-state index is 12.6. The molecular formula is C28H54ClN3O8. The molecular weight excluding hydrogens is 542 g/mol. The van der Waals surface area contributed by atoms with Crippen molar-refractivity contribution < 1.29 is 38.1 Å². The van der Waals surface area contributed by atoms with E-state index in [9.17, 15) is 14.4 Å². The molecule has 0 rings (SSSR count). The van der Waals surface area contributed by atoms with Crippen molar-refractivity contribution in [2.75, 3.05) is 71.8 Å². The molecule has 236 valence electrons. The number of nitrogens with one attached hydrogen (secondary N) is 3. The van der Waals surface area contributed by atoms with Crippen LogP contribution in [0.4, 0.5) is 4.79 Å². The van der Waals surface area contributed by atoms with Crippen LogP contribution in [0.5, 0.6) is 0 Å². The van der Waals surface area contributed by atoms with E-state index in [2.05, 4.69) is 16.0 Å². The smallest absolute Gasteiger partial charge is 0.408 e. The molecule has 0 aromatic heterocycles. The second-order valence-corrected chi connectivity index (χ2v) is 11.8. The summed E-state index contributed by atoms with van der Waals surface area (Å²) in [5, 5.41) is 8.21. The van der Waals surface area contributed by atoms with Crippen molar-refractivity contribution in [3.63, 3.8) is 0 Å². The zero-order chi connectivity index (χ0) is 30.3. The van der Waals surface area contributed by atoms with Crippen molar-refractivity contribution in [2.24, 2.45) is 5.41 Å². The standard InChI is InChI=1S/C28H54ClN3O8/c1-27(2,3)24(32-26(35)40-28(4,5)6)25(34)31-14-18-39-22-20-37-16-11-23(33)30-13-17-38-21-19-36-15-10-8-7-9-12-29/h24H,7-22H2,1-6H3,(H,30,33)(H,31,34)(H,32,35)/t24-/m1/s1. The molecule has 11 nitrogen and oxygen atoms in total. The molecule has 0 heterocycles. The van der Waals surface area contributed by atoms with Crippen molar-refractivity contribution >= 4 is 29.5 Å². The van der Waals surface area contributed by atoms with Crippen molar-refractivity contribution in [1.82, 2.24) is 16.0 Å². The largest absolute Gasteiger partial charge is 0.444 e. The summed E-state index contributed by atoms with van der Waals surface area (Å²) >= 11 is 5.64. The van der Waals surface area contributed by atoms with Crippen LogP contribution in [0.1, 0.15) is 73.6 Å². The Morgan fingerprint density at radius 3 is 1.75 bits per heavy atom. The normalized spacial score (nSPS) is 12.6. The molecule has 40 heavy (non-hydrogen) atoms. The summed E-state index contributed by atoms with van der Waals surface area (Å²) in [5.74, 6) is 0.303. The van der Waals surface area contributed by atoms with Crippen LogP contribution in [0.25, 0.3) is 0 Å². The molecule has 0 aliphatic carbocycles. The highest BCUT2D eigenvalue weighted by atomic mass is 35.5. The molecule has 0 spiro atoms. The number of carbonyl (C=O) groups excluding carboxylic acids is 3. The molecule has 3 amide bonds. The van der Waals surface area contributed by atoms with Gasteiger partial charge in [-0.15, -0.1) is 11.6 Å². The lowest BCUT2D eigenvalue weighted by molar-refractivity contribution is -0.126. The van der Waals surface area contributed by atoms with E-state index in [4.69, 9.17) is 35.3 Å². The first-order chi connectivity index (χ1) is 18.9. The highest BCUT2D eigenvalue weighted by Crippen LogP contribution is 2.20. The maximum absolute atomic E-state index is 12.6. The fraction of sp³-hybridized carbons (Fsp3) is 0.893. The molecule has 0 aliphatic rings. The Hall–Kier alpha value is -1.66. The Balaban J connectivity index is 3.71. The van der Waals surface area contributed by atoms with E-state index in [0.29, 0.717) is 46.2 Å². The van der Waals surface area contributed by atoms with Gasteiger partial charge >= 0.3 is 6.09 Å². The predicted molar refractivity (Wildman–Crippen MR) is 156 cm³/mol. The second-order valence-electron chi connectivity index (χ2n) is 11.4. The number of rotatable bonds is 23. The SMILES string of the molecule is CC(C)(C)OC(=O)N[C@H](C(=O)NCCOCCOCCC(=O)NCCOCCOCCCCCCCl)C(C)(C)C. The average Bonchev–Trinajstić information content (AvgIpc) is 2.85. The van der Waals surface area contributed by atoms with Gasteiger partial charge in [-0.25, -0.2) is 4.79 Å². The molecule has 12 heteroatoms. The summed E-state index contributed by atoms with van der Waals surface area (Å²) in [6.07, 6.45) is 3.97. The molecule has 0 saturated carbocycles. The minimum atomic E-state index is -0.760. The van der Waals surface area contributed by atoms with E-state index in [1.807, 2.05) is 20.8 Å². The van der Waals surface area contributed by atoms with E-state index < -0.39 is 23.2 Å². The predicted octanol–water partition coefficient (Wildman–Crippen LogP) is 3.41. The lowest BCUT2D eigenvalue weighted by Crippen LogP contribution is -2.54. The number of alkyl halides is 1. The molecule has 0 saturated heterocycles. The Morgan fingerprint density at radius 1 is 0.675 bits per heavy atom. The monoisotopic (exact) mass is 595 g/mol. The van der Waals surface area contributed by atoms with Crippen LogP contribution in [0.15, 0.2) is 0 Å². The summed E-state index contributed by atoms with van der Waals surface area (Å²) < 4.78 is 27.1. The van der Waals surface area contributed by atoms with E-state index in [1.165, 1.54) is 0 Å². The minimum Gasteiger partial charge on any atom is -0.444 e. The van der Waals surface area contributed by atoms with E-state index in [1.54, 1.807) is 20.8 Å². The van der Waals surface area contributed by atoms with E-state index in [0.717, 1.165) is 38.2 Å². The van der Waals surface area contributed by atoms with Gasteiger partial charge in [-0.1, -0.05) is 33.6 Å². The lowest BCUT2D eigenvalue weighted by atomic mass is 9.86. The van der Waals surface area contributed by atoms with Gasteiger partial charge in [-0.05, 0) is 39.0 Å². The van der Waals surface area contributed by atoms with E-state index in [-0.39, 0.29) is 31.4 Å². The third kappa shape index (κ3) is 24.2. The molecule has 1 atom stereocenters. The van der Waals surface area contributed by atoms with Gasteiger partial charge in [0.1, 0.15) is 11.6 Å². The number of unbranched alkanes of at least 4 members (excludes halogenated alkanes) is 3. The molecule has 0 aromatic rings. The Labute approximate surface area is 246 Å². The van der Waals surface area contributed by atoms with Gasteiger partial charge in [0.15, 0.2) is 0 Å². The number of amides is 3. The van der Waals surface area contributed by atoms with Gasteiger partial charge in [0, 0.05) is 32.0 Å². The van der Waals surface area contributed by atoms with Crippen molar-refractivity contribution in [3.8, 4) is 0 Å². The van der Waals surface area contributed by atoms with Gasteiger partial charge in [-0.3, -0.25) is 9.59 Å². The molecule has 0 bridgehead atoms. The van der Waals surface area contributed by atoms with Crippen molar-refractivity contribution in [1.29, 1.82) is 0 Å². The zero-order valence-corrected chi connectivity index (χ0v) is 26.3. The van der Waals surface area contributed by atoms with Crippen molar-refractivity contribution in [3.05, 3.63) is 0 Å². The molecule has 0 aliphatic heterocycles. The summed E-state index contributed by atoms with van der Waals surface area (Å²) in [5.41, 5.74) is -1.16. The second kappa shape index (κ2) is 23.0. The van der Waals surface area contributed by atoms with E-state index >= 15 is 0 Å². The van der Waals surface area contributed by atoms with Crippen LogP contribution in [0.3, 0.4) is 0 Å². The first kappa shape index (κ1) is 38.3. The average molecular weight is 596 g/mol. The van der Waals surface area contributed by atoms with Crippen molar-refractivity contribution in [2.45, 2.75) is 85.3 Å². The molecule has 0 fully saturated rings. The molecule has 3 N–H and O–H groups in total. The molecule has 0 radical (unpaired) electrons. The first-order valence-electron chi connectivity index (χ1n) is 14.3.